The van der Waals surface area contributed by atoms with Gasteiger partial charge in [0.25, 0.3) is 11.8 Å². The summed E-state index contributed by atoms with van der Waals surface area (Å²) in [6.45, 7) is 5.13. The molecule has 33 heavy (non-hydrogen) atoms. The molecule has 0 aliphatic carbocycles. The number of benzene rings is 2. The van der Waals surface area contributed by atoms with Crippen molar-refractivity contribution in [2.45, 2.75) is 20.4 Å². The van der Waals surface area contributed by atoms with E-state index in [0.29, 0.717) is 41.5 Å². The summed E-state index contributed by atoms with van der Waals surface area (Å²) in [6, 6.07) is 14.8. The zero-order valence-electron chi connectivity index (χ0n) is 18.4. The highest BCUT2D eigenvalue weighted by Gasteiger charge is 2.39. The number of aromatic nitrogens is 1. The molecule has 166 valence electrons. The molecule has 0 atom stereocenters. The molecule has 1 N–H and O–H groups in total. The van der Waals surface area contributed by atoms with Crippen LogP contribution in [0.15, 0.2) is 66.6 Å². The zero-order valence-corrected chi connectivity index (χ0v) is 18.4. The second-order valence-corrected chi connectivity index (χ2v) is 8.08. The van der Waals surface area contributed by atoms with Crippen LogP contribution in [0.5, 0.6) is 11.5 Å². The van der Waals surface area contributed by atoms with Crippen molar-refractivity contribution in [2.24, 2.45) is 0 Å². The highest BCUT2D eigenvalue weighted by molar-refractivity contribution is 6.36. The second kappa shape index (κ2) is 8.43. The summed E-state index contributed by atoms with van der Waals surface area (Å²) >= 11 is 0. The molecule has 0 radical (unpaired) electrons. The molecule has 3 aromatic rings. The Bertz CT molecular complexity index is 1280. The first kappa shape index (κ1) is 20.8. The molecule has 3 heterocycles. The third-order valence-corrected chi connectivity index (χ3v) is 5.87. The number of anilines is 1. The Morgan fingerprint density at radius 3 is 2.39 bits per heavy atom. The molecule has 2 aliphatic rings. The van der Waals surface area contributed by atoms with E-state index in [1.807, 2.05) is 38.1 Å². The number of carbonyl (C=O) groups excluding carboxylic acids is 2. The van der Waals surface area contributed by atoms with Crippen molar-refractivity contribution in [3.63, 3.8) is 0 Å². The van der Waals surface area contributed by atoms with Gasteiger partial charge in [0.2, 0.25) is 0 Å². The Labute approximate surface area is 191 Å². The van der Waals surface area contributed by atoms with E-state index in [4.69, 9.17) is 9.47 Å². The molecule has 0 spiro atoms. The molecular formula is C26H23N3O4. The first-order chi connectivity index (χ1) is 16.0. The van der Waals surface area contributed by atoms with Gasteiger partial charge in [-0.3, -0.25) is 19.5 Å². The van der Waals surface area contributed by atoms with Crippen LogP contribution in [0.4, 0.5) is 5.69 Å². The van der Waals surface area contributed by atoms with Gasteiger partial charge in [0.1, 0.15) is 18.9 Å². The van der Waals surface area contributed by atoms with Crippen LogP contribution in [0.3, 0.4) is 0 Å². The minimum absolute atomic E-state index is 0.168. The van der Waals surface area contributed by atoms with E-state index in [1.165, 1.54) is 4.90 Å². The molecule has 2 aliphatic heterocycles. The summed E-state index contributed by atoms with van der Waals surface area (Å²) in [5.74, 6) is 0.549. The maximum atomic E-state index is 13.5. The predicted molar refractivity (Wildman–Crippen MR) is 124 cm³/mol. The number of carbonyl (C=O) groups is 2. The molecular weight excluding hydrogens is 418 g/mol. The van der Waals surface area contributed by atoms with Crippen LogP contribution in [0.2, 0.25) is 0 Å². The molecule has 7 nitrogen and oxygen atoms in total. The van der Waals surface area contributed by atoms with Gasteiger partial charge in [-0.1, -0.05) is 18.2 Å². The van der Waals surface area contributed by atoms with Crippen molar-refractivity contribution >= 4 is 23.1 Å². The lowest BCUT2D eigenvalue weighted by atomic mass is 9.99. The van der Waals surface area contributed by atoms with Gasteiger partial charge in [-0.25, -0.2) is 0 Å². The number of amides is 2. The first-order valence-corrected chi connectivity index (χ1v) is 10.7. The molecule has 5 rings (SSSR count). The fourth-order valence-corrected chi connectivity index (χ4v) is 3.94. The van der Waals surface area contributed by atoms with Crippen LogP contribution in [0.25, 0.3) is 5.57 Å². The monoisotopic (exact) mass is 441 g/mol. The number of nitrogens with zero attached hydrogens (tertiary/aromatic N) is 2. The highest BCUT2D eigenvalue weighted by atomic mass is 16.6. The molecule has 2 aromatic carbocycles. The number of fused-ring (bicyclic) bond motifs is 1. The number of rotatable bonds is 5. The van der Waals surface area contributed by atoms with Gasteiger partial charge in [0.15, 0.2) is 11.5 Å². The molecule has 7 heteroatoms. The highest BCUT2D eigenvalue weighted by Crippen LogP contribution is 2.36. The van der Waals surface area contributed by atoms with Crippen LogP contribution < -0.4 is 14.8 Å². The van der Waals surface area contributed by atoms with E-state index in [1.54, 1.807) is 36.7 Å². The normalized spacial score (nSPS) is 15.3. The number of ether oxygens (including phenoxy) is 2. The number of hydrogen-bond acceptors (Lipinski definition) is 6. The Morgan fingerprint density at radius 1 is 0.879 bits per heavy atom. The van der Waals surface area contributed by atoms with E-state index in [-0.39, 0.29) is 24.1 Å². The summed E-state index contributed by atoms with van der Waals surface area (Å²) in [5.41, 5.74) is 4.93. The van der Waals surface area contributed by atoms with E-state index in [9.17, 15) is 9.59 Å². The topological polar surface area (TPSA) is 80.8 Å². The minimum atomic E-state index is -0.375. The van der Waals surface area contributed by atoms with Crippen molar-refractivity contribution < 1.29 is 19.1 Å². The number of aryl methyl sites for hydroxylation is 2. The van der Waals surface area contributed by atoms with E-state index >= 15 is 0 Å². The summed E-state index contributed by atoms with van der Waals surface area (Å²) in [6.07, 6.45) is 3.29. The second-order valence-electron chi connectivity index (χ2n) is 8.08. The van der Waals surface area contributed by atoms with Crippen LogP contribution in [-0.4, -0.2) is 34.9 Å². The maximum absolute atomic E-state index is 13.5. The van der Waals surface area contributed by atoms with Crippen LogP contribution in [0.1, 0.15) is 22.3 Å². The lowest BCUT2D eigenvalue weighted by molar-refractivity contribution is -0.137. The Kier molecular flexibility index (Phi) is 5.30. The average molecular weight is 441 g/mol. The van der Waals surface area contributed by atoms with Gasteiger partial charge in [0.05, 0.1) is 12.1 Å². The van der Waals surface area contributed by atoms with Crippen molar-refractivity contribution in [1.29, 1.82) is 0 Å². The van der Waals surface area contributed by atoms with Gasteiger partial charge in [-0.15, -0.1) is 0 Å². The van der Waals surface area contributed by atoms with Gasteiger partial charge >= 0.3 is 0 Å². The van der Waals surface area contributed by atoms with Gasteiger partial charge in [-0.2, -0.15) is 0 Å². The summed E-state index contributed by atoms with van der Waals surface area (Å²) in [7, 11) is 0. The third-order valence-electron chi connectivity index (χ3n) is 5.87. The third kappa shape index (κ3) is 3.93. The van der Waals surface area contributed by atoms with Crippen molar-refractivity contribution in [3.05, 3.63) is 88.9 Å². The van der Waals surface area contributed by atoms with E-state index < -0.39 is 0 Å². The van der Waals surface area contributed by atoms with Gasteiger partial charge < -0.3 is 14.8 Å². The summed E-state index contributed by atoms with van der Waals surface area (Å²) in [4.78, 5) is 32.2. The quantitative estimate of drug-likeness (QED) is 0.606. The SMILES string of the molecule is Cc1ccc(C2=C(Nc3ccc4c(c3)OCCO4)C(=O)N(Cc3ccncc3)C2=O)cc1C. The molecule has 0 saturated carbocycles. The fraction of sp³-hybridized carbons (Fsp3) is 0.192. The van der Waals surface area contributed by atoms with Gasteiger partial charge in [0, 0.05) is 24.1 Å². The fourth-order valence-electron chi connectivity index (χ4n) is 3.94. The largest absolute Gasteiger partial charge is 0.486 e. The zero-order chi connectivity index (χ0) is 22.9. The summed E-state index contributed by atoms with van der Waals surface area (Å²) in [5, 5.41) is 3.19. The van der Waals surface area contributed by atoms with Gasteiger partial charge in [-0.05, 0) is 60.4 Å². The molecule has 2 amide bonds. The molecule has 0 saturated heterocycles. The number of pyridine rings is 1. The van der Waals surface area contributed by atoms with E-state index in [2.05, 4.69) is 10.3 Å². The van der Waals surface area contributed by atoms with Crippen molar-refractivity contribution in [2.75, 3.05) is 18.5 Å². The van der Waals surface area contributed by atoms with Crippen molar-refractivity contribution in [1.82, 2.24) is 9.88 Å². The maximum Gasteiger partial charge on any atom is 0.278 e. The molecule has 0 bridgehead atoms. The van der Waals surface area contributed by atoms with Crippen molar-refractivity contribution in [3.8, 4) is 11.5 Å². The van der Waals surface area contributed by atoms with Crippen LogP contribution in [0, 0.1) is 13.8 Å². The number of hydrogen-bond donors (Lipinski definition) is 1. The lowest BCUT2D eigenvalue weighted by Crippen LogP contribution is -2.32. The molecule has 0 fully saturated rings. The van der Waals surface area contributed by atoms with Crippen LogP contribution in [-0.2, 0) is 16.1 Å². The average Bonchev–Trinajstić information content (AvgIpc) is 3.06. The molecule has 0 unspecified atom stereocenters. The number of imide groups is 1. The Balaban J connectivity index is 1.55. The Hall–Kier alpha value is -4.13. The number of nitrogens with one attached hydrogen (secondary N) is 1. The summed E-state index contributed by atoms with van der Waals surface area (Å²) < 4.78 is 11.3. The Morgan fingerprint density at radius 2 is 1.64 bits per heavy atom. The minimum Gasteiger partial charge on any atom is -0.486 e. The standard InChI is InChI=1S/C26H23N3O4/c1-16-3-4-19(13-17(16)2)23-24(28-20-5-6-21-22(14-20)33-12-11-32-21)26(31)29(25(23)30)15-18-7-9-27-10-8-18/h3-10,13-14,28H,11-12,15H2,1-2H3. The smallest absolute Gasteiger partial charge is 0.278 e. The van der Waals surface area contributed by atoms with Crippen LogP contribution >= 0.6 is 0 Å². The lowest BCUT2D eigenvalue weighted by Gasteiger charge is -2.19. The molecule has 1 aromatic heterocycles. The van der Waals surface area contributed by atoms with E-state index in [0.717, 1.165) is 16.7 Å². The predicted octanol–water partition coefficient (Wildman–Crippen LogP) is 3.86. The first-order valence-electron chi connectivity index (χ1n) is 10.7.